The van der Waals surface area contributed by atoms with Crippen LogP contribution in [-0.4, -0.2) is 42.6 Å². The Morgan fingerprint density at radius 3 is 2.71 bits per heavy atom. The van der Waals surface area contributed by atoms with Crippen molar-refractivity contribution in [3.05, 3.63) is 24.3 Å². The molecule has 1 heterocycles. The Hall–Kier alpha value is -2.24. The maximum absolute atomic E-state index is 12.0. The first-order valence-corrected chi connectivity index (χ1v) is 7.01. The van der Waals surface area contributed by atoms with Gasteiger partial charge in [0, 0.05) is 19.0 Å². The van der Waals surface area contributed by atoms with Gasteiger partial charge < -0.3 is 20.3 Å². The topological polar surface area (TPSA) is 70.7 Å². The average molecular weight is 291 g/mol. The molecule has 21 heavy (non-hydrogen) atoms. The fraction of sp³-hybridized carbons (Fsp3) is 0.467. The van der Waals surface area contributed by atoms with Gasteiger partial charge in [0.05, 0.1) is 18.8 Å². The van der Waals surface area contributed by atoms with E-state index in [1.807, 2.05) is 26.0 Å². The van der Waals surface area contributed by atoms with Crippen LogP contribution in [0.5, 0.6) is 5.75 Å². The van der Waals surface area contributed by atoms with E-state index in [0.29, 0.717) is 24.4 Å². The average Bonchev–Trinajstić information content (AvgIpc) is 2.80. The Balaban J connectivity index is 1.92. The molecular formula is C15H21N3O3. The molecule has 0 bridgehead atoms. The van der Waals surface area contributed by atoms with Crippen molar-refractivity contribution in [1.82, 2.24) is 10.2 Å². The van der Waals surface area contributed by atoms with Gasteiger partial charge in [0.2, 0.25) is 5.91 Å². The maximum Gasteiger partial charge on any atom is 0.319 e. The zero-order chi connectivity index (χ0) is 15.4. The number of likely N-dealkylation sites (tertiary alicyclic amines) is 1. The van der Waals surface area contributed by atoms with Crippen LogP contribution in [-0.2, 0) is 4.79 Å². The van der Waals surface area contributed by atoms with Gasteiger partial charge in [-0.1, -0.05) is 12.1 Å². The standard InChI is InChI=1S/C15H21N3O3/c1-10(2)18-9-11(8-14(18)19)16-15(20)17-12-6-4-5-7-13(12)21-3/h4-7,10-11H,8-9H2,1-3H3,(H2,16,17,20). The first-order chi connectivity index (χ1) is 10.0. The molecule has 1 saturated heterocycles. The molecule has 1 fully saturated rings. The Morgan fingerprint density at radius 2 is 2.10 bits per heavy atom. The van der Waals surface area contributed by atoms with Crippen molar-refractivity contribution < 1.29 is 14.3 Å². The van der Waals surface area contributed by atoms with E-state index in [9.17, 15) is 9.59 Å². The minimum Gasteiger partial charge on any atom is -0.495 e. The normalized spacial score (nSPS) is 18.0. The molecule has 1 unspecified atom stereocenters. The SMILES string of the molecule is COc1ccccc1NC(=O)NC1CC(=O)N(C(C)C)C1. The Labute approximate surface area is 124 Å². The number of carbonyl (C=O) groups excluding carboxylic acids is 2. The summed E-state index contributed by atoms with van der Waals surface area (Å²) < 4.78 is 5.18. The highest BCUT2D eigenvalue weighted by atomic mass is 16.5. The van der Waals surface area contributed by atoms with Crippen molar-refractivity contribution in [3.63, 3.8) is 0 Å². The second kappa shape index (κ2) is 6.47. The third-order valence-corrected chi connectivity index (χ3v) is 3.47. The predicted octanol–water partition coefficient (Wildman–Crippen LogP) is 1.83. The molecule has 0 aliphatic carbocycles. The number of benzene rings is 1. The lowest BCUT2D eigenvalue weighted by Gasteiger charge is -2.21. The third-order valence-electron chi connectivity index (χ3n) is 3.47. The summed E-state index contributed by atoms with van der Waals surface area (Å²) in [5.74, 6) is 0.673. The van der Waals surface area contributed by atoms with Gasteiger partial charge in [-0.05, 0) is 26.0 Å². The van der Waals surface area contributed by atoms with Crippen LogP contribution in [0, 0.1) is 0 Å². The van der Waals surface area contributed by atoms with Gasteiger partial charge in [-0.2, -0.15) is 0 Å². The molecule has 6 nitrogen and oxygen atoms in total. The molecular weight excluding hydrogens is 270 g/mol. The number of methoxy groups -OCH3 is 1. The zero-order valence-electron chi connectivity index (χ0n) is 12.6. The van der Waals surface area contributed by atoms with Gasteiger partial charge >= 0.3 is 6.03 Å². The highest BCUT2D eigenvalue weighted by Gasteiger charge is 2.31. The monoisotopic (exact) mass is 291 g/mol. The smallest absolute Gasteiger partial charge is 0.319 e. The number of para-hydroxylation sites is 2. The van der Waals surface area contributed by atoms with Crippen LogP contribution in [0.2, 0.25) is 0 Å². The van der Waals surface area contributed by atoms with E-state index in [2.05, 4.69) is 10.6 Å². The fourth-order valence-corrected chi connectivity index (χ4v) is 2.42. The number of anilines is 1. The number of amides is 3. The molecule has 1 aliphatic heterocycles. The van der Waals surface area contributed by atoms with Crippen LogP contribution in [0.25, 0.3) is 0 Å². The minimum absolute atomic E-state index is 0.0765. The summed E-state index contributed by atoms with van der Waals surface area (Å²) >= 11 is 0. The van der Waals surface area contributed by atoms with Crippen molar-refractivity contribution >= 4 is 17.6 Å². The zero-order valence-corrected chi connectivity index (χ0v) is 12.6. The number of carbonyl (C=O) groups is 2. The number of ether oxygens (including phenoxy) is 1. The lowest BCUT2D eigenvalue weighted by atomic mass is 10.2. The summed E-state index contributed by atoms with van der Waals surface area (Å²) in [4.78, 5) is 25.6. The van der Waals surface area contributed by atoms with Gasteiger partial charge in [0.1, 0.15) is 5.75 Å². The van der Waals surface area contributed by atoms with E-state index < -0.39 is 0 Å². The van der Waals surface area contributed by atoms with E-state index in [1.165, 1.54) is 0 Å². The minimum atomic E-state index is -0.331. The van der Waals surface area contributed by atoms with E-state index in [0.717, 1.165) is 0 Å². The van der Waals surface area contributed by atoms with Crippen LogP contribution in [0.15, 0.2) is 24.3 Å². The Bertz CT molecular complexity index is 531. The number of rotatable bonds is 4. The molecule has 2 N–H and O–H groups in total. The van der Waals surface area contributed by atoms with Gasteiger partial charge in [0.15, 0.2) is 0 Å². The van der Waals surface area contributed by atoms with E-state index in [-0.39, 0.29) is 24.0 Å². The lowest BCUT2D eigenvalue weighted by molar-refractivity contribution is -0.129. The molecule has 1 aromatic carbocycles. The molecule has 3 amide bonds. The van der Waals surface area contributed by atoms with E-state index in [4.69, 9.17) is 4.74 Å². The Kier molecular flexibility index (Phi) is 4.67. The van der Waals surface area contributed by atoms with Crippen LogP contribution in [0.1, 0.15) is 20.3 Å². The van der Waals surface area contributed by atoms with Crippen molar-refractivity contribution in [2.45, 2.75) is 32.4 Å². The maximum atomic E-state index is 12.0. The molecule has 114 valence electrons. The first-order valence-electron chi connectivity index (χ1n) is 7.01. The fourth-order valence-electron chi connectivity index (χ4n) is 2.42. The molecule has 0 spiro atoms. The first kappa shape index (κ1) is 15.2. The van der Waals surface area contributed by atoms with Gasteiger partial charge in [-0.25, -0.2) is 4.79 Å². The third kappa shape index (κ3) is 3.65. The molecule has 0 radical (unpaired) electrons. The molecule has 2 rings (SSSR count). The molecule has 1 aliphatic rings. The van der Waals surface area contributed by atoms with E-state index in [1.54, 1.807) is 24.1 Å². The number of hydrogen-bond donors (Lipinski definition) is 2. The molecule has 0 saturated carbocycles. The highest BCUT2D eigenvalue weighted by molar-refractivity contribution is 5.92. The number of hydrogen-bond acceptors (Lipinski definition) is 3. The van der Waals surface area contributed by atoms with Crippen LogP contribution in [0.3, 0.4) is 0 Å². The van der Waals surface area contributed by atoms with Crippen molar-refractivity contribution in [1.29, 1.82) is 0 Å². The predicted molar refractivity (Wildman–Crippen MR) is 80.4 cm³/mol. The van der Waals surface area contributed by atoms with Crippen LogP contribution in [0.4, 0.5) is 10.5 Å². The van der Waals surface area contributed by atoms with Crippen LogP contribution < -0.4 is 15.4 Å². The lowest BCUT2D eigenvalue weighted by Crippen LogP contribution is -2.40. The summed E-state index contributed by atoms with van der Waals surface area (Å²) in [5, 5.41) is 5.57. The summed E-state index contributed by atoms with van der Waals surface area (Å²) in [6, 6.07) is 6.85. The summed E-state index contributed by atoms with van der Waals surface area (Å²) in [6.07, 6.45) is 0.345. The molecule has 6 heteroatoms. The van der Waals surface area contributed by atoms with Crippen molar-refractivity contribution in [3.8, 4) is 5.75 Å². The number of urea groups is 1. The summed E-state index contributed by atoms with van der Waals surface area (Å²) in [7, 11) is 1.55. The quantitative estimate of drug-likeness (QED) is 0.889. The molecule has 0 aromatic heterocycles. The van der Waals surface area contributed by atoms with E-state index >= 15 is 0 Å². The van der Waals surface area contributed by atoms with Crippen molar-refractivity contribution in [2.24, 2.45) is 0 Å². The highest BCUT2D eigenvalue weighted by Crippen LogP contribution is 2.23. The van der Waals surface area contributed by atoms with Gasteiger partial charge in [-0.15, -0.1) is 0 Å². The second-order valence-corrected chi connectivity index (χ2v) is 5.34. The van der Waals surface area contributed by atoms with Crippen molar-refractivity contribution in [2.75, 3.05) is 19.0 Å². The number of nitrogens with one attached hydrogen (secondary N) is 2. The summed E-state index contributed by atoms with van der Waals surface area (Å²) in [6.45, 7) is 4.49. The second-order valence-electron chi connectivity index (χ2n) is 5.34. The largest absolute Gasteiger partial charge is 0.495 e. The molecule has 1 aromatic rings. The van der Waals surface area contributed by atoms with Crippen LogP contribution >= 0.6 is 0 Å². The summed E-state index contributed by atoms with van der Waals surface area (Å²) in [5.41, 5.74) is 0.600. The van der Waals surface area contributed by atoms with Gasteiger partial charge in [-0.3, -0.25) is 4.79 Å². The van der Waals surface area contributed by atoms with Gasteiger partial charge in [0.25, 0.3) is 0 Å². The molecule has 1 atom stereocenters. The number of nitrogens with zero attached hydrogens (tertiary/aromatic N) is 1. The Morgan fingerprint density at radius 1 is 1.38 bits per heavy atom.